The van der Waals surface area contributed by atoms with Gasteiger partial charge in [-0.1, -0.05) is 30.3 Å². The maximum Gasteiger partial charge on any atom is 0.342 e. The summed E-state index contributed by atoms with van der Waals surface area (Å²) in [6.45, 7) is 0. The van der Waals surface area contributed by atoms with Gasteiger partial charge in [0, 0.05) is 29.4 Å². The molecule has 0 radical (unpaired) electrons. The number of fused-ring (bicyclic) bond motifs is 2. The van der Waals surface area contributed by atoms with Gasteiger partial charge in [-0.05, 0) is 24.6 Å². The minimum Gasteiger partial charge on any atom is -0.461 e. The summed E-state index contributed by atoms with van der Waals surface area (Å²) >= 11 is 0. The molecule has 2 N–H and O–H groups in total. The van der Waals surface area contributed by atoms with E-state index in [0.29, 0.717) is 52.1 Å². The number of carbonyl (C=O) groups is 1. The van der Waals surface area contributed by atoms with E-state index in [1.54, 1.807) is 12.1 Å². The zero-order valence-electron chi connectivity index (χ0n) is 14.5. The van der Waals surface area contributed by atoms with Crippen LogP contribution in [-0.4, -0.2) is 5.78 Å². The first-order valence-electron chi connectivity index (χ1n) is 8.99. The van der Waals surface area contributed by atoms with E-state index in [9.17, 15) is 9.59 Å². The van der Waals surface area contributed by atoms with Crippen LogP contribution in [-0.2, 0) is 4.79 Å². The van der Waals surface area contributed by atoms with E-state index in [2.05, 4.69) is 0 Å². The molecule has 1 aromatic heterocycles. The second kappa shape index (κ2) is 5.84. The van der Waals surface area contributed by atoms with Crippen LogP contribution in [0.1, 0.15) is 36.3 Å². The molecule has 2 heterocycles. The summed E-state index contributed by atoms with van der Waals surface area (Å²) in [5.41, 5.74) is 8.33. The Labute approximate surface area is 155 Å². The first kappa shape index (κ1) is 15.9. The van der Waals surface area contributed by atoms with Crippen molar-refractivity contribution in [2.75, 3.05) is 5.73 Å². The Morgan fingerprint density at radius 3 is 2.63 bits per heavy atom. The van der Waals surface area contributed by atoms with Crippen LogP contribution >= 0.6 is 0 Å². The molecule has 27 heavy (non-hydrogen) atoms. The summed E-state index contributed by atoms with van der Waals surface area (Å²) in [5.74, 6) is 0.728. The minimum atomic E-state index is -0.571. The van der Waals surface area contributed by atoms with Crippen molar-refractivity contribution in [1.29, 1.82) is 0 Å². The van der Waals surface area contributed by atoms with Crippen LogP contribution in [0.3, 0.4) is 0 Å². The molecule has 134 valence electrons. The molecule has 1 atom stereocenters. The van der Waals surface area contributed by atoms with E-state index in [0.717, 1.165) is 12.0 Å². The number of nitrogens with two attached hydrogens (primary N) is 1. The number of rotatable bonds is 1. The molecular formula is C22H17NO4. The van der Waals surface area contributed by atoms with Crippen LogP contribution < -0.4 is 16.1 Å². The number of anilines is 1. The Bertz CT molecular complexity index is 1190. The lowest BCUT2D eigenvalue weighted by atomic mass is 9.77. The van der Waals surface area contributed by atoms with Crippen molar-refractivity contribution < 1.29 is 13.9 Å². The minimum absolute atomic E-state index is 0.00251. The molecule has 5 rings (SSSR count). The number of nitrogen functional groups attached to an aromatic ring is 1. The fourth-order valence-electron chi connectivity index (χ4n) is 4.12. The molecular weight excluding hydrogens is 342 g/mol. The zero-order chi connectivity index (χ0) is 18.5. The van der Waals surface area contributed by atoms with Gasteiger partial charge in [0.25, 0.3) is 0 Å². The number of hydrogen-bond acceptors (Lipinski definition) is 5. The van der Waals surface area contributed by atoms with Crippen LogP contribution in [0.4, 0.5) is 5.69 Å². The number of hydrogen-bond donors (Lipinski definition) is 1. The van der Waals surface area contributed by atoms with E-state index < -0.39 is 11.5 Å². The van der Waals surface area contributed by atoms with Gasteiger partial charge in [-0.3, -0.25) is 4.79 Å². The van der Waals surface area contributed by atoms with Gasteiger partial charge in [0.05, 0.1) is 17.2 Å². The third-order valence-electron chi connectivity index (χ3n) is 5.34. The first-order valence-corrected chi connectivity index (χ1v) is 8.99. The van der Waals surface area contributed by atoms with E-state index in [1.165, 1.54) is 0 Å². The summed E-state index contributed by atoms with van der Waals surface area (Å²) in [5, 5.41) is 0.668. The molecule has 3 aromatic rings. The lowest BCUT2D eigenvalue weighted by Crippen LogP contribution is -2.29. The molecule has 1 aliphatic heterocycles. The molecule has 1 unspecified atom stereocenters. The van der Waals surface area contributed by atoms with Gasteiger partial charge in [0.1, 0.15) is 17.1 Å². The third kappa shape index (κ3) is 2.31. The van der Waals surface area contributed by atoms with Gasteiger partial charge in [-0.2, -0.15) is 0 Å². The Balaban J connectivity index is 1.86. The lowest BCUT2D eigenvalue weighted by Gasteiger charge is -2.32. The van der Waals surface area contributed by atoms with Crippen molar-refractivity contribution in [1.82, 2.24) is 0 Å². The molecule has 0 saturated heterocycles. The standard InChI is InChI=1S/C22H17NO4/c23-21-13-7-2-4-10-16(13)27-22(25)20(21)18-12-6-1-3-9-15(12)26-17-11-5-8-14(24)19(17)18/h1-4,6-7,9-10,18H,5,8,11,23H2. The summed E-state index contributed by atoms with van der Waals surface area (Å²) in [7, 11) is 0. The fraction of sp³-hybridized carbons (Fsp3) is 0.182. The van der Waals surface area contributed by atoms with Gasteiger partial charge >= 0.3 is 5.63 Å². The number of benzene rings is 2. The van der Waals surface area contributed by atoms with Gasteiger partial charge in [0.2, 0.25) is 0 Å². The molecule has 5 nitrogen and oxygen atoms in total. The molecule has 0 spiro atoms. The number of ether oxygens (including phenoxy) is 1. The van der Waals surface area contributed by atoms with Gasteiger partial charge in [-0.15, -0.1) is 0 Å². The first-order chi connectivity index (χ1) is 13.1. The Kier molecular flexibility index (Phi) is 3.44. The molecule has 0 bridgehead atoms. The van der Waals surface area contributed by atoms with E-state index in [1.807, 2.05) is 36.4 Å². The molecule has 1 aliphatic carbocycles. The van der Waals surface area contributed by atoms with E-state index >= 15 is 0 Å². The van der Waals surface area contributed by atoms with Crippen molar-refractivity contribution in [3.05, 3.63) is 81.4 Å². The van der Waals surface area contributed by atoms with Crippen LogP contribution in [0.5, 0.6) is 5.75 Å². The maximum absolute atomic E-state index is 12.9. The van der Waals surface area contributed by atoms with E-state index in [4.69, 9.17) is 14.9 Å². The predicted octanol–water partition coefficient (Wildman–Crippen LogP) is 3.91. The van der Waals surface area contributed by atoms with E-state index in [-0.39, 0.29) is 5.78 Å². The van der Waals surface area contributed by atoms with Crippen molar-refractivity contribution in [3.63, 3.8) is 0 Å². The van der Waals surface area contributed by atoms with Crippen molar-refractivity contribution in [2.24, 2.45) is 0 Å². The number of allylic oxidation sites excluding steroid dienone is 2. The number of para-hydroxylation sites is 2. The highest BCUT2D eigenvalue weighted by molar-refractivity contribution is 6.01. The van der Waals surface area contributed by atoms with Gasteiger partial charge in [-0.25, -0.2) is 4.79 Å². The number of carbonyl (C=O) groups excluding carboxylic acids is 1. The number of ketones is 1. The monoisotopic (exact) mass is 359 g/mol. The highest BCUT2D eigenvalue weighted by Gasteiger charge is 2.39. The van der Waals surface area contributed by atoms with Crippen LogP contribution in [0, 0.1) is 0 Å². The second-order valence-corrected chi connectivity index (χ2v) is 6.90. The summed E-state index contributed by atoms with van der Waals surface area (Å²) in [6, 6.07) is 14.6. The van der Waals surface area contributed by atoms with Crippen LogP contribution in [0.15, 0.2) is 69.1 Å². The summed E-state index contributed by atoms with van der Waals surface area (Å²) in [4.78, 5) is 25.7. The SMILES string of the molecule is Nc1c(C2C3=C(CCCC3=O)Oc3ccccc32)c(=O)oc2ccccc12. The van der Waals surface area contributed by atoms with Gasteiger partial charge in [0.15, 0.2) is 5.78 Å². The summed E-state index contributed by atoms with van der Waals surface area (Å²) < 4.78 is 11.6. The molecule has 0 saturated carbocycles. The molecule has 5 heteroatoms. The second-order valence-electron chi connectivity index (χ2n) is 6.90. The Morgan fingerprint density at radius 1 is 0.963 bits per heavy atom. The maximum atomic E-state index is 12.9. The average Bonchev–Trinajstić information content (AvgIpc) is 2.67. The third-order valence-corrected chi connectivity index (χ3v) is 5.34. The number of Topliss-reactive ketones (excluding diaryl/α,β-unsaturated/α-hetero) is 1. The highest BCUT2D eigenvalue weighted by Crippen LogP contribution is 2.47. The smallest absolute Gasteiger partial charge is 0.342 e. The molecule has 0 fully saturated rings. The van der Waals surface area contributed by atoms with Crippen molar-refractivity contribution in [2.45, 2.75) is 25.2 Å². The largest absolute Gasteiger partial charge is 0.461 e. The van der Waals surface area contributed by atoms with Crippen LogP contribution in [0.25, 0.3) is 11.0 Å². The topological polar surface area (TPSA) is 82.5 Å². The highest BCUT2D eigenvalue weighted by atomic mass is 16.5. The Hall–Kier alpha value is -3.34. The fourth-order valence-corrected chi connectivity index (χ4v) is 4.12. The van der Waals surface area contributed by atoms with Crippen LogP contribution in [0.2, 0.25) is 0 Å². The van der Waals surface area contributed by atoms with Crippen molar-refractivity contribution >= 4 is 22.4 Å². The predicted molar refractivity (Wildman–Crippen MR) is 102 cm³/mol. The van der Waals surface area contributed by atoms with Crippen molar-refractivity contribution in [3.8, 4) is 5.75 Å². The molecule has 2 aromatic carbocycles. The van der Waals surface area contributed by atoms with Gasteiger partial charge < -0.3 is 14.9 Å². The quantitative estimate of drug-likeness (QED) is 0.666. The zero-order valence-corrected chi connectivity index (χ0v) is 14.5. The molecule has 0 amide bonds. The lowest BCUT2D eigenvalue weighted by molar-refractivity contribution is -0.116. The Morgan fingerprint density at radius 2 is 1.74 bits per heavy atom. The average molecular weight is 359 g/mol. The summed E-state index contributed by atoms with van der Waals surface area (Å²) in [6.07, 6.45) is 1.86. The molecule has 2 aliphatic rings. The normalized spacial score (nSPS) is 18.8.